The van der Waals surface area contributed by atoms with E-state index < -0.39 is 61.5 Å². The average molecular weight is 798 g/mol. The highest BCUT2D eigenvalue weighted by atomic mass is 16.7. The molecule has 10 heteroatoms. The van der Waals surface area contributed by atoms with Gasteiger partial charge in [-0.1, -0.05) is 179 Å². The van der Waals surface area contributed by atoms with Gasteiger partial charge in [0, 0.05) is 0 Å². The molecule has 0 saturated carbocycles. The van der Waals surface area contributed by atoms with Crippen molar-refractivity contribution >= 4 is 5.91 Å². The standard InChI is InChI=1S/C46H87NO9/c1-3-5-7-9-11-13-15-17-19-20-21-23-24-26-28-30-32-34-39(49)38(37-55-46-44(53)43(52)42(51)41(36-48)56-46)47-45(54)40(50)35-33-31-29-27-25-22-18-16-14-12-10-8-6-4-2/h14,16,32,34,38-44,46,48-53H,3-13,15,17-31,33,35-37H2,1-2H3,(H,47,54)/b16-14-,34-32+. The van der Waals surface area contributed by atoms with Crippen molar-refractivity contribution < 1.29 is 44.9 Å². The van der Waals surface area contributed by atoms with Gasteiger partial charge in [-0.3, -0.25) is 4.79 Å². The quantitative estimate of drug-likeness (QED) is 0.0239. The van der Waals surface area contributed by atoms with Crippen molar-refractivity contribution in [2.45, 2.75) is 249 Å². The highest BCUT2D eigenvalue weighted by molar-refractivity contribution is 5.80. The molecule has 0 radical (unpaired) electrons. The number of rotatable bonds is 38. The van der Waals surface area contributed by atoms with Crippen LogP contribution in [0.3, 0.4) is 0 Å². The van der Waals surface area contributed by atoms with E-state index in [9.17, 15) is 35.4 Å². The molecule has 7 N–H and O–H groups in total. The SMILES string of the molecule is CCCCCC/C=C\CCCCCCCCC(O)C(=O)NC(COC1OC(CO)C(O)C(O)C1O)C(O)/C=C/CCCCCCCCCCCCCCCCC. The lowest BCUT2D eigenvalue weighted by Gasteiger charge is -2.40. The lowest BCUT2D eigenvalue weighted by atomic mass is 9.99. The Balaban J connectivity index is 2.43. The Bertz CT molecular complexity index is 948. The molecule has 0 aromatic carbocycles. The Morgan fingerprint density at radius 2 is 1.04 bits per heavy atom. The maximum Gasteiger partial charge on any atom is 0.249 e. The number of hydrogen-bond donors (Lipinski definition) is 7. The number of carbonyl (C=O) groups excluding carboxylic acids is 1. The highest BCUT2D eigenvalue weighted by Crippen LogP contribution is 2.23. The minimum absolute atomic E-state index is 0.304. The van der Waals surface area contributed by atoms with E-state index in [2.05, 4.69) is 31.3 Å². The largest absolute Gasteiger partial charge is 0.394 e. The molecule has 8 unspecified atom stereocenters. The number of aliphatic hydroxyl groups excluding tert-OH is 6. The lowest BCUT2D eigenvalue weighted by Crippen LogP contribution is -2.60. The number of ether oxygens (including phenoxy) is 2. The molecule has 1 aliphatic heterocycles. The summed E-state index contributed by atoms with van der Waals surface area (Å²) in [5.74, 6) is -0.622. The Hall–Kier alpha value is -1.37. The van der Waals surface area contributed by atoms with Gasteiger partial charge in [0.15, 0.2) is 6.29 Å². The molecule has 0 spiro atoms. The molecule has 1 rings (SSSR count). The van der Waals surface area contributed by atoms with Crippen molar-refractivity contribution in [1.29, 1.82) is 0 Å². The fraction of sp³-hybridized carbons (Fsp3) is 0.891. The van der Waals surface area contributed by atoms with Crippen molar-refractivity contribution in [3.63, 3.8) is 0 Å². The van der Waals surface area contributed by atoms with Gasteiger partial charge < -0.3 is 45.4 Å². The average Bonchev–Trinajstić information content (AvgIpc) is 3.20. The van der Waals surface area contributed by atoms with E-state index in [0.29, 0.717) is 12.8 Å². The van der Waals surface area contributed by atoms with Gasteiger partial charge in [0.05, 0.1) is 25.4 Å². The molecule has 0 aromatic heterocycles. The molecule has 0 bridgehead atoms. The first-order valence-electron chi connectivity index (χ1n) is 23.2. The summed E-state index contributed by atoms with van der Waals surface area (Å²) in [7, 11) is 0. The number of hydrogen-bond acceptors (Lipinski definition) is 9. The number of nitrogens with one attached hydrogen (secondary N) is 1. The summed E-state index contributed by atoms with van der Waals surface area (Å²) in [4.78, 5) is 13.0. The summed E-state index contributed by atoms with van der Waals surface area (Å²) >= 11 is 0. The van der Waals surface area contributed by atoms with Crippen LogP contribution in [0.25, 0.3) is 0 Å². The maximum absolute atomic E-state index is 13.0. The van der Waals surface area contributed by atoms with Crippen LogP contribution in [0.1, 0.15) is 200 Å². The molecule has 0 aliphatic carbocycles. The minimum atomic E-state index is -1.61. The van der Waals surface area contributed by atoms with Crippen LogP contribution in [0.4, 0.5) is 0 Å². The Morgan fingerprint density at radius 3 is 1.52 bits per heavy atom. The number of amides is 1. The van der Waals surface area contributed by atoms with E-state index in [1.807, 2.05) is 6.08 Å². The normalized spacial score (nSPS) is 21.9. The zero-order valence-corrected chi connectivity index (χ0v) is 35.8. The first-order valence-corrected chi connectivity index (χ1v) is 23.2. The zero-order chi connectivity index (χ0) is 41.1. The summed E-state index contributed by atoms with van der Waals surface area (Å²) < 4.78 is 11.1. The van der Waals surface area contributed by atoms with Crippen molar-refractivity contribution in [2.24, 2.45) is 0 Å². The molecule has 0 aromatic rings. The molecule has 1 heterocycles. The van der Waals surface area contributed by atoms with Crippen molar-refractivity contribution in [1.82, 2.24) is 5.32 Å². The molecular formula is C46H87NO9. The Kier molecular flexibility index (Phi) is 34.5. The summed E-state index contributed by atoms with van der Waals surface area (Å²) in [6, 6.07) is -0.979. The number of aliphatic hydroxyl groups is 6. The van der Waals surface area contributed by atoms with Gasteiger partial charge in [-0.15, -0.1) is 0 Å². The van der Waals surface area contributed by atoms with Gasteiger partial charge in [0.2, 0.25) is 5.91 Å². The molecule has 56 heavy (non-hydrogen) atoms. The number of allylic oxidation sites excluding steroid dienone is 3. The third kappa shape index (κ3) is 26.6. The molecule has 1 amide bonds. The summed E-state index contributed by atoms with van der Waals surface area (Å²) in [5.41, 5.74) is 0. The fourth-order valence-corrected chi connectivity index (χ4v) is 7.27. The van der Waals surface area contributed by atoms with E-state index in [-0.39, 0.29) is 6.61 Å². The summed E-state index contributed by atoms with van der Waals surface area (Å²) in [6.45, 7) is 3.59. The highest BCUT2D eigenvalue weighted by Gasteiger charge is 2.44. The van der Waals surface area contributed by atoms with Crippen LogP contribution in [-0.4, -0.2) is 98.7 Å². The maximum atomic E-state index is 13.0. The minimum Gasteiger partial charge on any atom is -0.394 e. The van der Waals surface area contributed by atoms with Crippen LogP contribution in [-0.2, 0) is 14.3 Å². The first-order chi connectivity index (χ1) is 27.3. The molecule has 8 atom stereocenters. The topological polar surface area (TPSA) is 169 Å². The summed E-state index contributed by atoms with van der Waals surface area (Å²) in [5, 5.41) is 64.6. The van der Waals surface area contributed by atoms with Crippen LogP contribution in [0, 0.1) is 0 Å². The molecular weight excluding hydrogens is 711 g/mol. The van der Waals surface area contributed by atoms with Crippen LogP contribution in [0.15, 0.2) is 24.3 Å². The first kappa shape index (κ1) is 52.6. The van der Waals surface area contributed by atoms with Gasteiger partial charge in [0.25, 0.3) is 0 Å². The van der Waals surface area contributed by atoms with Gasteiger partial charge in [-0.05, 0) is 44.9 Å². The third-order valence-electron chi connectivity index (χ3n) is 11.1. The van der Waals surface area contributed by atoms with Gasteiger partial charge in [-0.2, -0.15) is 0 Å². The number of unbranched alkanes of at least 4 members (excludes halogenated alkanes) is 25. The van der Waals surface area contributed by atoms with Crippen LogP contribution in [0.5, 0.6) is 0 Å². The predicted octanol–water partition coefficient (Wildman–Crippen LogP) is 8.47. The molecule has 10 nitrogen and oxygen atoms in total. The smallest absolute Gasteiger partial charge is 0.249 e. The van der Waals surface area contributed by atoms with Crippen LogP contribution >= 0.6 is 0 Å². The lowest BCUT2D eigenvalue weighted by molar-refractivity contribution is -0.302. The van der Waals surface area contributed by atoms with E-state index in [1.54, 1.807) is 6.08 Å². The Morgan fingerprint density at radius 1 is 0.607 bits per heavy atom. The molecule has 330 valence electrons. The van der Waals surface area contributed by atoms with Crippen molar-refractivity contribution in [3.8, 4) is 0 Å². The van der Waals surface area contributed by atoms with Crippen molar-refractivity contribution in [3.05, 3.63) is 24.3 Å². The van der Waals surface area contributed by atoms with Crippen LogP contribution < -0.4 is 5.32 Å². The van der Waals surface area contributed by atoms with E-state index in [1.165, 1.54) is 128 Å². The van der Waals surface area contributed by atoms with Gasteiger partial charge in [0.1, 0.15) is 30.5 Å². The third-order valence-corrected chi connectivity index (χ3v) is 11.1. The predicted molar refractivity (Wildman–Crippen MR) is 227 cm³/mol. The van der Waals surface area contributed by atoms with Gasteiger partial charge in [-0.25, -0.2) is 0 Å². The number of carbonyl (C=O) groups is 1. The van der Waals surface area contributed by atoms with E-state index in [4.69, 9.17) is 9.47 Å². The monoisotopic (exact) mass is 798 g/mol. The van der Waals surface area contributed by atoms with E-state index in [0.717, 1.165) is 44.9 Å². The second-order valence-corrected chi connectivity index (χ2v) is 16.3. The Labute approximate surface area is 341 Å². The van der Waals surface area contributed by atoms with Crippen molar-refractivity contribution in [2.75, 3.05) is 13.2 Å². The zero-order valence-electron chi connectivity index (χ0n) is 35.8. The van der Waals surface area contributed by atoms with Gasteiger partial charge >= 0.3 is 0 Å². The fourth-order valence-electron chi connectivity index (χ4n) is 7.27. The second kappa shape index (κ2) is 36.7. The molecule has 1 fully saturated rings. The van der Waals surface area contributed by atoms with E-state index >= 15 is 0 Å². The molecule has 1 aliphatic rings. The molecule has 1 saturated heterocycles. The summed E-state index contributed by atoms with van der Waals surface area (Å²) in [6.07, 6.45) is 32.6. The van der Waals surface area contributed by atoms with Crippen LogP contribution in [0.2, 0.25) is 0 Å². The second-order valence-electron chi connectivity index (χ2n) is 16.3.